The highest BCUT2D eigenvalue weighted by molar-refractivity contribution is 5.65. The Labute approximate surface area is 122 Å². The van der Waals surface area contributed by atoms with Gasteiger partial charge in [0.2, 0.25) is 0 Å². The number of hydrogen-bond donors (Lipinski definition) is 3. The van der Waals surface area contributed by atoms with E-state index in [1.165, 1.54) is 0 Å². The van der Waals surface area contributed by atoms with Crippen molar-refractivity contribution in [2.24, 2.45) is 5.73 Å². The Morgan fingerprint density at radius 2 is 2.38 bits per heavy atom. The van der Waals surface area contributed by atoms with Crippen LogP contribution in [0.5, 0.6) is 0 Å². The highest BCUT2D eigenvalue weighted by Crippen LogP contribution is 2.47. The molecule has 2 heterocycles. The maximum atomic E-state index is 11.1. The third-order valence-corrected chi connectivity index (χ3v) is 4.41. The minimum Gasteiger partial charge on any atom is -0.443 e. The summed E-state index contributed by atoms with van der Waals surface area (Å²) in [5.41, 5.74) is 11.2. The molecule has 0 unspecified atom stereocenters. The third-order valence-electron chi connectivity index (χ3n) is 4.41. The fourth-order valence-electron chi connectivity index (χ4n) is 3.39. The molecule has 2 aliphatic rings. The van der Waals surface area contributed by atoms with Gasteiger partial charge in [0.05, 0.1) is 24.1 Å². The maximum Gasteiger partial charge on any atom is 0.404 e. The molecule has 0 spiro atoms. The molecular formula is C14H19N3O4. The summed E-state index contributed by atoms with van der Waals surface area (Å²) >= 11 is 0. The number of ether oxygens (including phenoxy) is 2. The number of aromatic nitrogens is 1. The van der Waals surface area contributed by atoms with E-state index in [-0.39, 0.29) is 12.2 Å². The predicted octanol–water partition coefficient (Wildman–Crippen LogP) is 0.873. The summed E-state index contributed by atoms with van der Waals surface area (Å²) in [7, 11) is 0. The Morgan fingerprint density at radius 3 is 3.10 bits per heavy atom. The first-order valence-electron chi connectivity index (χ1n) is 7.04. The van der Waals surface area contributed by atoms with Crippen LogP contribution in [0.3, 0.4) is 0 Å². The average Bonchev–Trinajstić information content (AvgIpc) is 2.81. The molecule has 1 aromatic rings. The first-order chi connectivity index (χ1) is 10.0. The summed E-state index contributed by atoms with van der Waals surface area (Å²) in [5.74, 6) is 0. The van der Waals surface area contributed by atoms with Gasteiger partial charge in [-0.15, -0.1) is 0 Å². The van der Waals surface area contributed by atoms with Gasteiger partial charge in [-0.25, -0.2) is 4.79 Å². The van der Waals surface area contributed by atoms with Crippen molar-refractivity contribution >= 4 is 11.8 Å². The minimum absolute atomic E-state index is 0.324. The molecule has 7 nitrogen and oxygen atoms in total. The van der Waals surface area contributed by atoms with Gasteiger partial charge in [-0.1, -0.05) is 0 Å². The van der Waals surface area contributed by atoms with Gasteiger partial charge in [-0.3, -0.25) is 4.98 Å². The van der Waals surface area contributed by atoms with Gasteiger partial charge >= 0.3 is 6.09 Å². The van der Waals surface area contributed by atoms with E-state index in [2.05, 4.69) is 4.98 Å². The summed E-state index contributed by atoms with van der Waals surface area (Å²) in [6, 6.07) is 1.78. The molecule has 3 rings (SSSR count). The SMILES string of the molecule is NC(=O)O[C@@H]1C[C@H](c2ccncc2N)O[C@@H]2CCC[C@]12O. The van der Waals surface area contributed by atoms with Crippen molar-refractivity contribution in [2.75, 3.05) is 5.73 Å². The first-order valence-corrected chi connectivity index (χ1v) is 7.04. The van der Waals surface area contributed by atoms with E-state index in [1.807, 2.05) is 0 Å². The van der Waals surface area contributed by atoms with Crippen LogP contribution in [0.1, 0.15) is 37.4 Å². The van der Waals surface area contributed by atoms with Crippen LogP contribution >= 0.6 is 0 Å². The van der Waals surface area contributed by atoms with Crippen molar-refractivity contribution in [1.29, 1.82) is 0 Å². The molecule has 0 radical (unpaired) electrons. The predicted molar refractivity (Wildman–Crippen MR) is 74.1 cm³/mol. The number of nitrogens with zero attached hydrogens (tertiary/aromatic N) is 1. The molecule has 1 aliphatic carbocycles. The van der Waals surface area contributed by atoms with Crippen LogP contribution in [0.25, 0.3) is 0 Å². The lowest BCUT2D eigenvalue weighted by Gasteiger charge is -2.44. The van der Waals surface area contributed by atoms with E-state index in [9.17, 15) is 9.90 Å². The summed E-state index contributed by atoms with van der Waals surface area (Å²) in [4.78, 5) is 15.1. The van der Waals surface area contributed by atoms with Gasteiger partial charge in [0, 0.05) is 18.2 Å². The standard InChI is InChI=1S/C14H19N3O4/c15-9-7-17-5-3-8(9)10-6-12(21-13(16)18)14(19)4-1-2-11(14)20-10/h3,5,7,10-12,19H,1-2,4,6,15H2,(H2,16,18)/t10-,11-,12-,14-/m1/s1. The molecule has 0 aromatic carbocycles. The second kappa shape index (κ2) is 5.16. The van der Waals surface area contributed by atoms with Crippen LogP contribution in [-0.2, 0) is 9.47 Å². The maximum absolute atomic E-state index is 11.1. The fourth-order valence-corrected chi connectivity index (χ4v) is 3.39. The van der Waals surface area contributed by atoms with Crippen molar-refractivity contribution in [2.45, 2.75) is 49.6 Å². The monoisotopic (exact) mass is 293 g/mol. The van der Waals surface area contributed by atoms with Gasteiger partial charge in [0.15, 0.2) is 0 Å². The van der Waals surface area contributed by atoms with E-state index < -0.39 is 17.8 Å². The van der Waals surface area contributed by atoms with Crippen molar-refractivity contribution in [3.8, 4) is 0 Å². The van der Waals surface area contributed by atoms with Crippen LogP contribution in [-0.4, -0.2) is 34.0 Å². The van der Waals surface area contributed by atoms with Crippen LogP contribution in [0.2, 0.25) is 0 Å². The van der Waals surface area contributed by atoms with E-state index in [1.54, 1.807) is 18.5 Å². The summed E-state index contributed by atoms with van der Waals surface area (Å²) < 4.78 is 11.2. The second-order valence-corrected chi connectivity index (χ2v) is 5.66. The zero-order valence-corrected chi connectivity index (χ0v) is 11.6. The van der Waals surface area contributed by atoms with Crippen molar-refractivity contribution in [3.63, 3.8) is 0 Å². The number of aliphatic hydroxyl groups is 1. The lowest BCUT2D eigenvalue weighted by atomic mass is 9.84. The Bertz CT molecular complexity index is 553. The average molecular weight is 293 g/mol. The molecule has 1 aliphatic heterocycles. The zero-order valence-electron chi connectivity index (χ0n) is 11.6. The van der Waals surface area contributed by atoms with Gasteiger partial charge in [0.1, 0.15) is 11.7 Å². The summed E-state index contributed by atoms with van der Waals surface area (Å²) in [5, 5.41) is 10.8. The lowest BCUT2D eigenvalue weighted by Crippen LogP contribution is -2.56. The molecule has 4 atom stereocenters. The Balaban J connectivity index is 1.89. The first kappa shape index (κ1) is 14.1. The van der Waals surface area contributed by atoms with E-state index in [4.69, 9.17) is 20.9 Å². The van der Waals surface area contributed by atoms with Crippen LogP contribution in [0, 0.1) is 0 Å². The molecule has 1 amide bonds. The van der Waals surface area contributed by atoms with E-state index in [0.717, 1.165) is 18.4 Å². The quantitative estimate of drug-likeness (QED) is 0.744. The third kappa shape index (κ3) is 2.43. The van der Waals surface area contributed by atoms with Crippen LogP contribution in [0.15, 0.2) is 18.5 Å². The lowest BCUT2D eigenvalue weighted by molar-refractivity contribution is -0.214. The molecule has 5 N–H and O–H groups in total. The van der Waals surface area contributed by atoms with E-state index in [0.29, 0.717) is 18.5 Å². The summed E-state index contributed by atoms with van der Waals surface area (Å²) in [6.07, 6.45) is 3.28. The number of anilines is 1. The minimum atomic E-state index is -1.16. The number of carbonyl (C=O) groups is 1. The van der Waals surface area contributed by atoms with Crippen molar-refractivity contribution in [1.82, 2.24) is 4.98 Å². The number of carbonyl (C=O) groups excluding carboxylic acids is 1. The van der Waals surface area contributed by atoms with E-state index >= 15 is 0 Å². The highest BCUT2D eigenvalue weighted by atomic mass is 16.6. The molecule has 1 saturated heterocycles. The van der Waals surface area contributed by atoms with Crippen LogP contribution in [0.4, 0.5) is 10.5 Å². The topological polar surface area (TPSA) is 121 Å². The Hall–Kier alpha value is -1.86. The molecule has 1 saturated carbocycles. The second-order valence-electron chi connectivity index (χ2n) is 5.66. The molecular weight excluding hydrogens is 274 g/mol. The number of amides is 1. The Morgan fingerprint density at radius 1 is 1.57 bits per heavy atom. The van der Waals surface area contributed by atoms with Crippen molar-refractivity contribution in [3.05, 3.63) is 24.0 Å². The van der Waals surface area contributed by atoms with Crippen LogP contribution < -0.4 is 11.5 Å². The number of hydrogen-bond acceptors (Lipinski definition) is 6. The molecule has 0 bridgehead atoms. The number of rotatable bonds is 2. The smallest absolute Gasteiger partial charge is 0.404 e. The number of pyridine rings is 1. The van der Waals surface area contributed by atoms with Gasteiger partial charge in [-0.05, 0) is 25.3 Å². The number of fused-ring (bicyclic) bond motifs is 1. The number of primary amides is 1. The summed E-state index contributed by atoms with van der Waals surface area (Å²) in [6.45, 7) is 0. The molecule has 114 valence electrons. The van der Waals surface area contributed by atoms with Gasteiger partial charge in [0.25, 0.3) is 0 Å². The van der Waals surface area contributed by atoms with Crippen molar-refractivity contribution < 1.29 is 19.4 Å². The molecule has 1 aromatic heterocycles. The number of nitrogens with two attached hydrogens (primary N) is 2. The Kier molecular flexibility index (Phi) is 3.46. The van der Waals surface area contributed by atoms with Gasteiger partial charge < -0.3 is 26.0 Å². The fraction of sp³-hybridized carbons (Fsp3) is 0.571. The normalized spacial score (nSPS) is 35.2. The highest BCUT2D eigenvalue weighted by Gasteiger charge is 2.55. The molecule has 21 heavy (non-hydrogen) atoms. The molecule has 7 heteroatoms. The number of nitrogen functional groups attached to an aromatic ring is 1. The largest absolute Gasteiger partial charge is 0.443 e. The zero-order chi connectivity index (χ0) is 15.0. The molecule has 2 fully saturated rings. The van der Waals surface area contributed by atoms with Gasteiger partial charge in [-0.2, -0.15) is 0 Å².